The molecule has 24 saturated heterocycles. The number of hydrogen-bond donors (Lipinski definition) is 0. The van der Waals surface area contributed by atoms with Crippen molar-refractivity contribution in [2.45, 2.75) is 293 Å². The Balaban J connectivity index is 0.0000000993. The molecule has 24 fully saturated rings. The number of halogens is 6. The minimum absolute atomic E-state index is 0.0000520. The third-order valence-electron chi connectivity index (χ3n) is 30.3. The van der Waals surface area contributed by atoms with Gasteiger partial charge in [0, 0.05) is 72.5 Å². The quantitative estimate of drug-likeness (QED) is 0.197. The van der Waals surface area contributed by atoms with Crippen molar-refractivity contribution >= 4 is 92.9 Å². The van der Waals surface area contributed by atoms with Gasteiger partial charge in [-0.3, -0.25) is 43.1 Å². The predicted molar refractivity (Wildman–Crippen MR) is 379 cm³/mol. The van der Waals surface area contributed by atoms with Crippen molar-refractivity contribution in [3.05, 3.63) is 0 Å². The van der Waals surface area contributed by atoms with Gasteiger partial charge in [0.1, 0.15) is 131 Å². The van der Waals surface area contributed by atoms with Gasteiger partial charge >= 0.3 is 24.3 Å². The molecule has 24 rings (SSSR count). The largest absolute Gasteiger partial charge is 0.469 e. The fourth-order valence-electron chi connectivity index (χ4n) is 23.7. The number of esters is 2. The normalized spacial score (nSPS) is 55.4. The van der Waals surface area contributed by atoms with E-state index in [1.807, 2.05) is 53.7 Å². The summed E-state index contributed by atoms with van der Waals surface area (Å²) in [5, 5.41) is 34.9. The molecule has 44 unspecified atom stereocenters. The Kier molecular flexibility index (Phi) is 20.2. The van der Waals surface area contributed by atoms with Crippen molar-refractivity contribution in [2.75, 3.05) is 14.2 Å². The van der Waals surface area contributed by atoms with Gasteiger partial charge in [-0.25, -0.2) is 0 Å². The lowest BCUT2D eigenvalue weighted by Crippen LogP contribution is -2.56. The number of hydrogen-bond acceptors (Lipinski definition) is 40. The Morgan fingerprint density at radius 3 is 1.29 bits per heavy atom. The number of carbonyl (C=O) groups excluding carboxylic acids is 2. The van der Waals surface area contributed by atoms with Crippen LogP contribution in [0.4, 0.5) is 26.3 Å². The van der Waals surface area contributed by atoms with Gasteiger partial charge in [-0.2, -0.15) is 115 Å². The molecule has 0 N–H and O–H groups in total. The number of fused-ring (bicyclic) bond motifs is 8. The standard InChI is InChI=1S/C9H8F3NO4S.C9H8N2O4S.2C9H12O6S.C8H9F3O4S.C8H9NO4S.2C8H12O4S/c1-3-4-6(9(10,11)12)8(2-13)7(16-4)5(3)17-18(8,14)15;1-4-6-5(2-10)9(3-11)8(14-6)7(4)15-16(9,12)13;1-4-5-3-9(8(10)13-2)7(14-5)6(4)15-16(9,11)12;1-3-5-4(9(10)13-2)8-7(14-5)6(3)15-16(8,11)12;1-3-4-2-7(8(9,10)11)6(14-4)5(3)15-16(7,12)13;1-4-5-2-8(3-9)7(12-5)6(4)13-14(8,10)11;1-4-5-3-8(2)7(11-5)6(4)12-13(8,9)10;1-3-5-4(2)8-7(11-5)6(3)12-13(8,9)10/h3-7H,1H3;4-8H,1H3;4-7H,3H2,1-2H3;3-8H,1-2H3;3-6H,2H2,1H3;4-7H,2H2,1H3;4-7H,3H2,1-2H3;3-8H,1-2H3. The van der Waals surface area contributed by atoms with Crippen LogP contribution in [0.15, 0.2) is 0 Å². The van der Waals surface area contributed by atoms with Gasteiger partial charge in [-0.15, -0.1) is 0 Å². The number of methoxy groups -OCH3 is 2. The zero-order valence-corrected chi connectivity index (χ0v) is 72.3. The zero-order valence-electron chi connectivity index (χ0n) is 65.8. The average molecular weight is 1900 g/mol. The van der Waals surface area contributed by atoms with E-state index in [4.69, 9.17) is 84.0 Å². The minimum Gasteiger partial charge on any atom is -0.469 e. The molecule has 0 aromatic rings. The van der Waals surface area contributed by atoms with Crippen molar-refractivity contribution in [3.63, 3.8) is 0 Å². The molecule has 0 amide bonds. The Hall–Kier alpha value is -4.56. The number of alkyl halides is 6. The van der Waals surface area contributed by atoms with Crippen LogP contribution in [0.1, 0.15) is 94.9 Å². The van der Waals surface area contributed by atoms with E-state index in [0.29, 0.717) is 6.42 Å². The van der Waals surface area contributed by atoms with Gasteiger partial charge in [0.15, 0.2) is 0 Å². The molecule has 0 saturated carbocycles. The number of nitriles is 4. The summed E-state index contributed by atoms with van der Waals surface area (Å²) in [7, 11) is -29.0. The van der Waals surface area contributed by atoms with Crippen molar-refractivity contribution < 1.29 is 184 Å². The summed E-state index contributed by atoms with van der Waals surface area (Å²) in [5.41, 5.74) is 0. The average Bonchev–Trinajstić information content (AvgIpc) is 1.50. The lowest BCUT2D eigenvalue weighted by molar-refractivity contribution is -0.193. The highest BCUT2D eigenvalue weighted by atomic mass is 32.3. The van der Waals surface area contributed by atoms with Gasteiger partial charge < -0.3 is 47.4 Å². The first-order valence-electron chi connectivity index (χ1n) is 38.8. The third-order valence-corrected chi connectivity index (χ3v) is 45.4. The molecule has 0 aromatic heterocycles. The highest BCUT2D eigenvalue weighted by molar-refractivity contribution is 7.90. The number of ether oxygens (including phenoxy) is 10. The Morgan fingerprint density at radius 1 is 0.369 bits per heavy atom. The molecule has 0 aromatic carbocycles. The molecule has 40 nitrogen and oxygen atoms in total. The van der Waals surface area contributed by atoms with Crippen LogP contribution in [0.25, 0.3) is 0 Å². The van der Waals surface area contributed by atoms with Gasteiger partial charge in [-0.05, 0) is 13.3 Å². The van der Waals surface area contributed by atoms with Gasteiger partial charge in [-0.1, -0.05) is 62.3 Å². The molecule has 0 spiro atoms. The first-order valence-corrected chi connectivity index (χ1v) is 50.2. The van der Waals surface area contributed by atoms with Gasteiger partial charge in [0.25, 0.3) is 80.9 Å². The summed E-state index contributed by atoms with van der Waals surface area (Å²) in [4.78, 5) is 23.3. The summed E-state index contributed by atoms with van der Waals surface area (Å²) in [6, 6.07) is 6.83. The number of rotatable bonds is 2. The van der Waals surface area contributed by atoms with Crippen LogP contribution in [0.2, 0.25) is 0 Å². The number of carbonyl (C=O) groups is 2. The maximum Gasteiger partial charge on any atom is 0.413 e. The molecular weight excluding hydrogens is 1820 g/mol. The van der Waals surface area contributed by atoms with Crippen LogP contribution >= 0.6 is 0 Å². The fourth-order valence-corrected chi connectivity index (χ4v) is 38.3. The summed E-state index contributed by atoms with van der Waals surface area (Å²) < 4.78 is 347. The smallest absolute Gasteiger partial charge is 0.413 e. The van der Waals surface area contributed by atoms with Crippen LogP contribution in [0.3, 0.4) is 0 Å². The van der Waals surface area contributed by atoms with E-state index in [-0.39, 0.29) is 109 Å². The Bertz CT molecular complexity index is 5640. The van der Waals surface area contributed by atoms with E-state index >= 15 is 0 Å². The van der Waals surface area contributed by atoms with Gasteiger partial charge in [0.2, 0.25) is 23.7 Å². The Morgan fingerprint density at radius 2 is 0.787 bits per heavy atom. The van der Waals surface area contributed by atoms with E-state index in [0.717, 1.165) is 0 Å². The minimum atomic E-state index is -4.85. The number of nitrogens with zero attached hydrogens (tertiary/aromatic N) is 4. The lowest BCUT2D eigenvalue weighted by atomic mass is 9.72. The Labute approximate surface area is 696 Å². The lowest BCUT2D eigenvalue weighted by Gasteiger charge is -2.32. The highest BCUT2D eigenvalue weighted by Gasteiger charge is 2.87. The molecule has 16 bridgehead atoms. The van der Waals surface area contributed by atoms with Crippen molar-refractivity contribution in [1.82, 2.24) is 0 Å². The fraction of sp³-hybridized carbons (Fsp3) is 0.912. The third kappa shape index (κ3) is 11.1. The monoisotopic (exact) mass is 1900 g/mol. The molecule has 24 aliphatic rings. The summed E-state index contributed by atoms with van der Waals surface area (Å²) >= 11 is 0. The van der Waals surface area contributed by atoms with Crippen LogP contribution < -0.4 is 0 Å². The van der Waals surface area contributed by atoms with Crippen LogP contribution in [-0.4, -0.2) is 291 Å². The van der Waals surface area contributed by atoms with Crippen LogP contribution in [0.5, 0.6) is 0 Å². The van der Waals surface area contributed by atoms with E-state index in [2.05, 4.69) is 17.8 Å². The van der Waals surface area contributed by atoms with Crippen molar-refractivity contribution in [1.29, 1.82) is 21.0 Å². The molecule has 0 aliphatic carbocycles. The maximum atomic E-state index is 13.1. The predicted octanol–water partition coefficient (Wildman–Crippen LogP) is -0.143. The summed E-state index contributed by atoms with van der Waals surface area (Å²) in [6.07, 6.45) is -22.5. The second-order valence-electron chi connectivity index (χ2n) is 35.8. The second-order valence-corrected chi connectivity index (χ2v) is 50.3. The van der Waals surface area contributed by atoms with Gasteiger partial charge in [0.05, 0.1) is 87.3 Å². The molecule has 44 atom stereocenters. The van der Waals surface area contributed by atoms with Crippen LogP contribution in [-0.2, 0) is 171 Å². The molecule has 54 heteroatoms. The SMILES string of the molecule is CC1C2CC3(C#N)C(O2)C1OS3(=O)=O.CC1C2CC3(C(F)(F)F)C(O2)C1OS3(=O)=O.CC1C2CC3(C)C(O2)C1OS3(=O)=O.CC1C2OC3C1OS(=O)(=O)C3(C#N)C2C#N.CC1C2OC3C1OS(=O)(=O)C3C2C.CC1C2OS(=O)(=O)C3(C#N)C2OC1C3C(F)(F)F.COC(=O)C12CC3OC1C(OS2(=O)=O)C3C.COC(=O)C1C2OC3C(OS(=O)(=O)C31)C2C. The van der Waals surface area contributed by atoms with E-state index < -0.39 is 272 Å². The molecule has 680 valence electrons. The molecular formula is C68H82F6N4O36S8. The van der Waals surface area contributed by atoms with Crippen molar-refractivity contribution in [2.24, 2.45) is 71.0 Å². The van der Waals surface area contributed by atoms with E-state index in [9.17, 15) is 103 Å². The topological polar surface area (TPSA) is 569 Å². The summed E-state index contributed by atoms with van der Waals surface area (Å²) in [5.74, 6) is -6.04. The van der Waals surface area contributed by atoms with Crippen molar-refractivity contribution in [3.8, 4) is 24.3 Å². The molecule has 0 radical (unpaired) electrons. The first-order chi connectivity index (χ1) is 56.3. The molecule has 24 aliphatic heterocycles. The van der Waals surface area contributed by atoms with E-state index in [1.54, 1.807) is 26.8 Å². The maximum absolute atomic E-state index is 13.1. The highest BCUT2D eigenvalue weighted by Crippen LogP contribution is 2.67. The van der Waals surface area contributed by atoms with E-state index in [1.165, 1.54) is 27.2 Å². The second kappa shape index (κ2) is 27.5. The first kappa shape index (κ1) is 89.4. The molecule has 122 heavy (non-hydrogen) atoms. The molecule has 24 heterocycles. The summed E-state index contributed by atoms with van der Waals surface area (Å²) in [6.45, 7) is 18.2. The van der Waals surface area contributed by atoms with Crippen LogP contribution in [0, 0.1) is 116 Å². The zero-order chi connectivity index (χ0) is 89.5.